The molecule has 0 saturated carbocycles. The average molecular weight is 272 g/mol. The summed E-state index contributed by atoms with van der Waals surface area (Å²) in [7, 11) is 0. The molecular formula is C12H18BrNO. The second-order valence-electron chi connectivity index (χ2n) is 4.26. The fourth-order valence-corrected chi connectivity index (χ4v) is 1.92. The van der Waals surface area contributed by atoms with Gasteiger partial charge in [0.2, 0.25) is 0 Å². The van der Waals surface area contributed by atoms with Gasteiger partial charge in [-0.25, -0.2) is 0 Å². The molecule has 0 N–H and O–H groups in total. The first-order chi connectivity index (χ1) is 7.08. The van der Waals surface area contributed by atoms with Gasteiger partial charge in [0.1, 0.15) is 0 Å². The Morgan fingerprint density at radius 2 is 2.07 bits per heavy atom. The second-order valence-corrected chi connectivity index (χ2v) is 5.18. The topological polar surface area (TPSA) is 22.1 Å². The molecule has 1 atom stereocenters. The van der Waals surface area contributed by atoms with Gasteiger partial charge in [-0.1, -0.05) is 13.8 Å². The van der Waals surface area contributed by atoms with Crippen LogP contribution in [0.3, 0.4) is 0 Å². The maximum absolute atomic E-state index is 5.73. The molecule has 0 saturated heterocycles. The Kier molecular flexibility index (Phi) is 5.26. The lowest BCUT2D eigenvalue weighted by atomic mass is 10.1. The van der Waals surface area contributed by atoms with Gasteiger partial charge < -0.3 is 4.74 Å². The Morgan fingerprint density at radius 3 is 2.67 bits per heavy atom. The van der Waals surface area contributed by atoms with Crippen LogP contribution in [0.25, 0.3) is 0 Å². The molecule has 1 aromatic heterocycles. The zero-order valence-electron chi connectivity index (χ0n) is 9.53. The van der Waals surface area contributed by atoms with Gasteiger partial charge in [0.05, 0.1) is 12.7 Å². The molecule has 15 heavy (non-hydrogen) atoms. The molecule has 0 bridgehead atoms. The summed E-state index contributed by atoms with van der Waals surface area (Å²) < 4.78 is 6.73. The van der Waals surface area contributed by atoms with Crippen LogP contribution in [0.5, 0.6) is 0 Å². The number of aromatic nitrogens is 1. The van der Waals surface area contributed by atoms with E-state index in [1.54, 1.807) is 6.20 Å². The van der Waals surface area contributed by atoms with Crippen LogP contribution >= 0.6 is 15.9 Å². The van der Waals surface area contributed by atoms with Crippen molar-refractivity contribution in [2.45, 2.75) is 39.9 Å². The Hall–Kier alpha value is -0.410. The minimum Gasteiger partial charge on any atom is -0.374 e. The van der Waals surface area contributed by atoms with Gasteiger partial charge in [-0.3, -0.25) is 4.98 Å². The first-order valence-corrected chi connectivity index (χ1v) is 6.08. The van der Waals surface area contributed by atoms with E-state index in [0.717, 1.165) is 16.5 Å². The van der Waals surface area contributed by atoms with Crippen molar-refractivity contribution in [1.82, 2.24) is 4.98 Å². The first-order valence-electron chi connectivity index (χ1n) is 5.29. The Morgan fingerprint density at radius 1 is 1.33 bits per heavy atom. The Labute approximate surface area is 100 Å². The summed E-state index contributed by atoms with van der Waals surface area (Å²) in [5.41, 5.74) is 1.11. The van der Waals surface area contributed by atoms with Crippen LogP contribution in [0.2, 0.25) is 0 Å². The summed E-state index contributed by atoms with van der Waals surface area (Å²) >= 11 is 3.39. The maximum atomic E-state index is 5.73. The summed E-state index contributed by atoms with van der Waals surface area (Å²) in [5.74, 6) is 0.681. The van der Waals surface area contributed by atoms with Gasteiger partial charge in [-0.2, -0.15) is 0 Å². The van der Waals surface area contributed by atoms with Crippen LogP contribution in [0.1, 0.15) is 32.8 Å². The number of pyridine rings is 1. The molecule has 0 spiro atoms. The maximum Gasteiger partial charge on any atom is 0.0735 e. The predicted octanol–water partition coefficient (Wildman–Crippen LogP) is 3.80. The number of halogens is 1. The number of hydrogen-bond acceptors (Lipinski definition) is 2. The highest BCUT2D eigenvalue weighted by atomic mass is 79.9. The van der Waals surface area contributed by atoms with E-state index in [1.165, 1.54) is 0 Å². The average Bonchev–Trinajstić information content (AvgIpc) is 2.14. The molecule has 0 amide bonds. The van der Waals surface area contributed by atoms with Crippen LogP contribution in [-0.2, 0) is 11.3 Å². The lowest BCUT2D eigenvalue weighted by molar-refractivity contribution is 0.0395. The second kappa shape index (κ2) is 6.23. The monoisotopic (exact) mass is 271 g/mol. The quantitative estimate of drug-likeness (QED) is 0.813. The van der Waals surface area contributed by atoms with Crippen molar-refractivity contribution in [3.8, 4) is 0 Å². The summed E-state index contributed by atoms with van der Waals surface area (Å²) in [6.45, 7) is 7.17. The minimum atomic E-state index is 0.309. The minimum absolute atomic E-state index is 0.309. The molecule has 0 aliphatic carbocycles. The fraction of sp³-hybridized carbons (Fsp3) is 0.583. The van der Waals surface area contributed by atoms with Crippen LogP contribution in [0.4, 0.5) is 0 Å². The van der Waals surface area contributed by atoms with E-state index < -0.39 is 0 Å². The highest BCUT2D eigenvalue weighted by molar-refractivity contribution is 9.10. The molecule has 3 heteroatoms. The van der Waals surface area contributed by atoms with E-state index in [2.05, 4.69) is 41.7 Å². The van der Waals surface area contributed by atoms with E-state index in [1.807, 2.05) is 12.3 Å². The molecule has 0 aliphatic rings. The van der Waals surface area contributed by atoms with Crippen molar-refractivity contribution in [2.75, 3.05) is 0 Å². The molecule has 1 heterocycles. The van der Waals surface area contributed by atoms with Gasteiger partial charge in [-0.05, 0) is 46.8 Å². The van der Waals surface area contributed by atoms with E-state index in [0.29, 0.717) is 18.6 Å². The predicted molar refractivity (Wildman–Crippen MR) is 65.6 cm³/mol. The smallest absolute Gasteiger partial charge is 0.0735 e. The molecular weight excluding hydrogens is 254 g/mol. The highest BCUT2D eigenvalue weighted by Gasteiger charge is 2.05. The van der Waals surface area contributed by atoms with Crippen molar-refractivity contribution in [3.63, 3.8) is 0 Å². The third-order valence-electron chi connectivity index (χ3n) is 2.10. The molecule has 1 unspecified atom stereocenters. The Bertz CT molecular complexity index is 301. The summed E-state index contributed by atoms with van der Waals surface area (Å²) in [6.07, 6.45) is 5.03. The van der Waals surface area contributed by atoms with Gasteiger partial charge in [0.25, 0.3) is 0 Å². The lowest BCUT2D eigenvalue weighted by Crippen LogP contribution is -2.11. The molecule has 1 aromatic rings. The van der Waals surface area contributed by atoms with Gasteiger partial charge >= 0.3 is 0 Å². The van der Waals surface area contributed by atoms with E-state index in [4.69, 9.17) is 4.74 Å². The van der Waals surface area contributed by atoms with Crippen molar-refractivity contribution in [3.05, 3.63) is 28.5 Å². The van der Waals surface area contributed by atoms with Gasteiger partial charge in [-0.15, -0.1) is 0 Å². The molecule has 0 aliphatic heterocycles. The number of ether oxygens (including phenoxy) is 1. The van der Waals surface area contributed by atoms with E-state index >= 15 is 0 Å². The fourth-order valence-electron chi connectivity index (χ4n) is 1.51. The van der Waals surface area contributed by atoms with Crippen LogP contribution in [-0.4, -0.2) is 11.1 Å². The van der Waals surface area contributed by atoms with Crippen LogP contribution in [0.15, 0.2) is 22.9 Å². The van der Waals surface area contributed by atoms with Gasteiger partial charge in [0, 0.05) is 16.9 Å². The first kappa shape index (κ1) is 12.7. The molecule has 0 fully saturated rings. The molecule has 0 radical (unpaired) electrons. The Balaban J connectivity index is 2.36. The van der Waals surface area contributed by atoms with Crippen LogP contribution in [0, 0.1) is 5.92 Å². The highest BCUT2D eigenvalue weighted by Crippen LogP contribution is 2.13. The summed E-state index contributed by atoms with van der Waals surface area (Å²) in [4.78, 5) is 4.10. The van der Waals surface area contributed by atoms with Crippen molar-refractivity contribution in [2.24, 2.45) is 5.92 Å². The van der Waals surface area contributed by atoms with Crippen molar-refractivity contribution < 1.29 is 4.74 Å². The molecule has 2 nitrogen and oxygen atoms in total. The van der Waals surface area contributed by atoms with Crippen molar-refractivity contribution in [1.29, 1.82) is 0 Å². The van der Waals surface area contributed by atoms with Gasteiger partial charge in [0.15, 0.2) is 0 Å². The SMILES string of the molecule is CC(C)CC(C)OCc1cncc(Br)c1. The largest absolute Gasteiger partial charge is 0.374 e. The number of rotatable bonds is 5. The summed E-state index contributed by atoms with van der Waals surface area (Å²) in [6, 6.07) is 2.04. The number of hydrogen-bond donors (Lipinski definition) is 0. The van der Waals surface area contributed by atoms with E-state index in [-0.39, 0.29) is 0 Å². The normalized spacial score (nSPS) is 13.1. The number of nitrogens with zero attached hydrogens (tertiary/aromatic N) is 1. The van der Waals surface area contributed by atoms with Crippen LogP contribution < -0.4 is 0 Å². The zero-order valence-corrected chi connectivity index (χ0v) is 11.1. The third kappa shape index (κ3) is 5.28. The van der Waals surface area contributed by atoms with Crippen molar-refractivity contribution >= 4 is 15.9 Å². The molecule has 1 rings (SSSR count). The molecule has 84 valence electrons. The third-order valence-corrected chi connectivity index (χ3v) is 2.53. The lowest BCUT2D eigenvalue weighted by Gasteiger charge is -2.14. The van der Waals surface area contributed by atoms with E-state index in [9.17, 15) is 0 Å². The zero-order chi connectivity index (χ0) is 11.3. The molecule has 0 aromatic carbocycles. The summed E-state index contributed by atoms with van der Waals surface area (Å²) in [5, 5.41) is 0. The standard InChI is InChI=1S/C12H18BrNO/c1-9(2)4-10(3)15-8-11-5-12(13)7-14-6-11/h5-7,9-10H,4,8H2,1-3H3.